The molecule has 0 spiro atoms. The van der Waals surface area contributed by atoms with Crippen LogP contribution in [0.4, 0.5) is 0 Å². The molecule has 0 aliphatic carbocycles. The second-order valence-electron chi connectivity index (χ2n) is 5.06. The standard InChI is InChI=1S/C14H24N3O2P/c1-4-20(5-2,11(3)18)10-16-9-12-6-7-17-13(8-12)14(15)19/h6-8,16,20H,4-5,9-10H2,1-3H3,(H2,15,19). The monoisotopic (exact) mass is 297 g/mol. The fourth-order valence-corrected chi connectivity index (χ4v) is 5.14. The molecule has 1 rings (SSSR count). The third-order valence-electron chi connectivity index (χ3n) is 3.97. The molecule has 0 unspecified atom stereocenters. The zero-order valence-corrected chi connectivity index (χ0v) is 13.4. The maximum atomic E-state index is 11.9. The fraction of sp³-hybridized carbons (Fsp3) is 0.500. The van der Waals surface area contributed by atoms with Gasteiger partial charge in [0.25, 0.3) is 0 Å². The number of nitrogens with two attached hydrogens (primary N) is 1. The van der Waals surface area contributed by atoms with Crippen LogP contribution in [-0.4, -0.2) is 35.0 Å². The van der Waals surface area contributed by atoms with Crippen molar-refractivity contribution in [2.45, 2.75) is 27.3 Å². The van der Waals surface area contributed by atoms with E-state index in [1.54, 1.807) is 19.2 Å². The van der Waals surface area contributed by atoms with Crippen LogP contribution in [0.2, 0.25) is 0 Å². The quantitative estimate of drug-likeness (QED) is 0.713. The Hall–Kier alpha value is -1.32. The van der Waals surface area contributed by atoms with Crippen LogP contribution in [0.3, 0.4) is 0 Å². The summed E-state index contributed by atoms with van der Waals surface area (Å²) in [5.74, 6) is -0.526. The number of hydrogen-bond acceptors (Lipinski definition) is 4. The molecule has 0 fully saturated rings. The van der Waals surface area contributed by atoms with Crippen LogP contribution in [0, 0.1) is 0 Å². The number of aromatic nitrogens is 1. The first-order chi connectivity index (χ1) is 9.45. The molecule has 0 radical (unpaired) electrons. The predicted octanol–water partition coefficient (Wildman–Crippen LogP) is 1.56. The van der Waals surface area contributed by atoms with Crippen molar-refractivity contribution in [2.24, 2.45) is 5.73 Å². The van der Waals surface area contributed by atoms with Crippen LogP contribution in [0.25, 0.3) is 0 Å². The van der Waals surface area contributed by atoms with Crippen molar-refractivity contribution in [3.8, 4) is 0 Å². The molecule has 1 amide bonds. The van der Waals surface area contributed by atoms with E-state index < -0.39 is 13.2 Å². The molecule has 0 aromatic carbocycles. The number of amides is 1. The van der Waals surface area contributed by atoms with Gasteiger partial charge in [-0.1, -0.05) is 0 Å². The summed E-state index contributed by atoms with van der Waals surface area (Å²) < 4.78 is 0. The van der Waals surface area contributed by atoms with Crippen molar-refractivity contribution in [2.75, 3.05) is 18.6 Å². The summed E-state index contributed by atoms with van der Waals surface area (Å²) in [4.78, 5) is 26.8. The Morgan fingerprint density at radius 3 is 2.50 bits per heavy atom. The van der Waals surface area contributed by atoms with Crippen molar-refractivity contribution < 1.29 is 9.59 Å². The first-order valence-electron chi connectivity index (χ1n) is 6.91. The summed E-state index contributed by atoms with van der Waals surface area (Å²) >= 11 is 0. The molecule has 0 aliphatic rings. The summed E-state index contributed by atoms with van der Waals surface area (Å²) in [5, 5.41) is 3.35. The van der Waals surface area contributed by atoms with Gasteiger partial charge in [0.2, 0.25) is 0 Å². The van der Waals surface area contributed by atoms with Gasteiger partial charge in [0.05, 0.1) is 0 Å². The van der Waals surface area contributed by atoms with Gasteiger partial charge in [-0.25, -0.2) is 0 Å². The average molecular weight is 297 g/mol. The minimum atomic E-state index is -1.87. The summed E-state index contributed by atoms with van der Waals surface area (Å²) in [6.07, 6.45) is 4.25. The van der Waals surface area contributed by atoms with Gasteiger partial charge in [0.15, 0.2) is 0 Å². The van der Waals surface area contributed by atoms with Crippen LogP contribution < -0.4 is 11.1 Å². The number of nitrogens with one attached hydrogen (secondary N) is 1. The van der Waals surface area contributed by atoms with E-state index in [0.29, 0.717) is 12.1 Å². The van der Waals surface area contributed by atoms with Crippen molar-refractivity contribution >= 4 is 18.7 Å². The van der Waals surface area contributed by atoms with Gasteiger partial charge in [-0.15, -0.1) is 0 Å². The third kappa shape index (κ3) is 4.09. The maximum absolute atomic E-state index is 11.9. The molecule has 0 saturated heterocycles. The molecule has 0 saturated carbocycles. The zero-order chi connectivity index (χ0) is 15.2. The zero-order valence-electron chi connectivity index (χ0n) is 12.4. The van der Waals surface area contributed by atoms with E-state index in [-0.39, 0.29) is 5.69 Å². The van der Waals surface area contributed by atoms with E-state index in [0.717, 1.165) is 24.2 Å². The predicted molar refractivity (Wildman–Crippen MR) is 84.5 cm³/mol. The Morgan fingerprint density at radius 1 is 1.35 bits per heavy atom. The molecule has 1 aromatic rings. The summed E-state index contributed by atoms with van der Waals surface area (Å²) in [6.45, 7) is 6.51. The minimum absolute atomic E-state index is 0.269. The first kappa shape index (κ1) is 16.7. The van der Waals surface area contributed by atoms with Gasteiger partial charge in [0.1, 0.15) is 0 Å². The van der Waals surface area contributed by atoms with Crippen molar-refractivity contribution in [1.82, 2.24) is 10.3 Å². The second kappa shape index (κ2) is 7.46. The van der Waals surface area contributed by atoms with Crippen molar-refractivity contribution in [1.29, 1.82) is 0 Å². The summed E-state index contributed by atoms with van der Waals surface area (Å²) in [5.41, 5.74) is 6.77. The molecule has 1 aromatic heterocycles. The van der Waals surface area contributed by atoms with Gasteiger partial charge in [-0.3, -0.25) is 0 Å². The molecule has 20 heavy (non-hydrogen) atoms. The molecule has 5 nitrogen and oxygen atoms in total. The van der Waals surface area contributed by atoms with E-state index in [1.807, 2.05) is 6.07 Å². The van der Waals surface area contributed by atoms with Crippen LogP contribution in [-0.2, 0) is 11.3 Å². The van der Waals surface area contributed by atoms with E-state index in [1.165, 1.54) is 0 Å². The Balaban J connectivity index is 2.66. The van der Waals surface area contributed by atoms with Crippen LogP contribution in [0.15, 0.2) is 18.3 Å². The van der Waals surface area contributed by atoms with Crippen LogP contribution in [0.5, 0.6) is 0 Å². The number of primary amides is 1. The number of pyridine rings is 1. The molecule has 1 heterocycles. The van der Waals surface area contributed by atoms with Gasteiger partial charge >= 0.3 is 120 Å². The molecular formula is C14H24N3O2P. The Kier molecular flexibility index (Phi) is 6.24. The van der Waals surface area contributed by atoms with Crippen molar-refractivity contribution in [3.63, 3.8) is 0 Å². The average Bonchev–Trinajstić information content (AvgIpc) is 2.44. The number of carbonyl (C=O) groups is 2. The molecule has 3 N–H and O–H groups in total. The molecule has 6 heteroatoms. The summed E-state index contributed by atoms with van der Waals surface area (Å²) in [6, 6.07) is 3.53. The number of hydrogen-bond donors (Lipinski definition) is 2. The van der Waals surface area contributed by atoms with Crippen LogP contribution >= 0.6 is 7.26 Å². The normalized spacial score (nSPS) is 12.2. The van der Waals surface area contributed by atoms with Gasteiger partial charge in [0, 0.05) is 0 Å². The molecular weight excluding hydrogens is 273 g/mol. The molecule has 112 valence electrons. The molecule has 0 atom stereocenters. The number of carbonyl (C=O) groups excluding carboxylic acids is 2. The second-order valence-corrected chi connectivity index (χ2v) is 10.1. The number of nitrogens with zero attached hydrogens (tertiary/aromatic N) is 1. The van der Waals surface area contributed by atoms with E-state index >= 15 is 0 Å². The third-order valence-corrected chi connectivity index (χ3v) is 9.10. The number of rotatable bonds is 8. The van der Waals surface area contributed by atoms with E-state index in [2.05, 4.69) is 24.1 Å². The van der Waals surface area contributed by atoms with Gasteiger partial charge in [-0.2, -0.15) is 0 Å². The van der Waals surface area contributed by atoms with E-state index in [9.17, 15) is 9.59 Å². The van der Waals surface area contributed by atoms with Crippen molar-refractivity contribution in [3.05, 3.63) is 29.6 Å². The molecule has 0 aliphatic heterocycles. The molecule has 0 bridgehead atoms. The topological polar surface area (TPSA) is 85.1 Å². The fourth-order valence-electron chi connectivity index (χ4n) is 2.29. The Labute approximate surface area is 120 Å². The van der Waals surface area contributed by atoms with Crippen LogP contribution in [0.1, 0.15) is 36.8 Å². The first-order valence-corrected chi connectivity index (χ1v) is 9.53. The SMILES string of the molecule is CC[PH](CC)(CNCc1ccnc(C(N)=O)c1)C(C)=O. The summed E-state index contributed by atoms with van der Waals surface area (Å²) in [7, 11) is -1.87. The Bertz CT molecular complexity index is 487. The van der Waals surface area contributed by atoms with Gasteiger partial charge < -0.3 is 0 Å². The van der Waals surface area contributed by atoms with Gasteiger partial charge in [-0.05, 0) is 0 Å². The van der Waals surface area contributed by atoms with E-state index in [4.69, 9.17) is 5.73 Å². The Morgan fingerprint density at radius 2 is 2.00 bits per heavy atom.